The minimum absolute atomic E-state index is 0.00495. The van der Waals surface area contributed by atoms with E-state index in [1.165, 1.54) is 225 Å². The van der Waals surface area contributed by atoms with Crippen LogP contribution in [-0.2, 0) is 14.3 Å². The van der Waals surface area contributed by atoms with Crippen molar-refractivity contribution < 1.29 is 24.5 Å². The molecular weight excluding hydrogens is 779 g/mol. The summed E-state index contributed by atoms with van der Waals surface area (Å²) in [6, 6.07) is -0.550. The van der Waals surface area contributed by atoms with Crippen molar-refractivity contribution in [2.75, 3.05) is 13.2 Å². The topological polar surface area (TPSA) is 95.9 Å². The van der Waals surface area contributed by atoms with E-state index in [9.17, 15) is 19.8 Å². The third-order valence-corrected chi connectivity index (χ3v) is 13.3. The van der Waals surface area contributed by atoms with Crippen LogP contribution in [0.15, 0.2) is 12.2 Å². The molecule has 0 aromatic carbocycles. The van der Waals surface area contributed by atoms with Crippen LogP contribution in [0.25, 0.3) is 0 Å². The first kappa shape index (κ1) is 61.6. The first-order valence-corrected chi connectivity index (χ1v) is 28.4. The van der Waals surface area contributed by atoms with Crippen molar-refractivity contribution in [3.8, 4) is 0 Å². The van der Waals surface area contributed by atoms with Crippen LogP contribution in [0.5, 0.6) is 0 Å². The Morgan fingerprint density at radius 2 is 0.746 bits per heavy atom. The fraction of sp³-hybridized carbons (Fsp3) is 0.930. The average Bonchev–Trinajstić information content (AvgIpc) is 3.28. The SMILES string of the molecule is CCCCCCCCCCCCCCCCCC(O)C(CO)NC(=O)CCCCCCC/C=C\CCCCCCCCCCCOC(=O)CCCCCCCCCCCCCCC. The van der Waals surface area contributed by atoms with E-state index in [4.69, 9.17) is 4.74 Å². The van der Waals surface area contributed by atoms with Crippen LogP contribution < -0.4 is 5.32 Å². The largest absolute Gasteiger partial charge is 0.466 e. The molecule has 0 bridgehead atoms. The summed E-state index contributed by atoms with van der Waals surface area (Å²) < 4.78 is 5.47. The molecule has 0 heterocycles. The van der Waals surface area contributed by atoms with Crippen molar-refractivity contribution in [2.24, 2.45) is 0 Å². The molecule has 2 atom stereocenters. The number of carbonyl (C=O) groups is 2. The Morgan fingerprint density at radius 1 is 0.429 bits per heavy atom. The molecule has 0 aromatic rings. The number of hydrogen-bond acceptors (Lipinski definition) is 5. The molecule has 6 nitrogen and oxygen atoms in total. The highest BCUT2D eigenvalue weighted by molar-refractivity contribution is 5.76. The Balaban J connectivity index is 3.44. The van der Waals surface area contributed by atoms with Crippen molar-refractivity contribution in [1.29, 1.82) is 0 Å². The molecule has 63 heavy (non-hydrogen) atoms. The molecule has 1 amide bonds. The normalized spacial score (nSPS) is 12.6. The van der Waals surface area contributed by atoms with E-state index < -0.39 is 12.1 Å². The molecule has 374 valence electrons. The molecule has 0 fully saturated rings. The summed E-state index contributed by atoms with van der Waals surface area (Å²) in [5, 5.41) is 23.2. The minimum atomic E-state index is -0.671. The van der Waals surface area contributed by atoms with Crippen molar-refractivity contribution in [3.63, 3.8) is 0 Å². The fourth-order valence-corrected chi connectivity index (χ4v) is 8.93. The van der Waals surface area contributed by atoms with Crippen molar-refractivity contribution >= 4 is 11.9 Å². The maximum Gasteiger partial charge on any atom is 0.305 e. The van der Waals surface area contributed by atoms with Gasteiger partial charge < -0.3 is 20.3 Å². The van der Waals surface area contributed by atoms with Crippen LogP contribution in [-0.4, -0.2) is 47.4 Å². The lowest BCUT2D eigenvalue weighted by Gasteiger charge is -2.22. The number of rotatable bonds is 53. The number of carbonyl (C=O) groups excluding carboxylic acids is 2. The number of aliphatic hydroxyl groups excluding tert-OH is 2. The van der Waals surface area contributed by atoms with E-state index >= 15 is 0 Å². The summed E-state index contributed by atoms with van der Waals surface area (Å²) in [6.07, 6.45) is 61.9. The molecule has 0 aliphatic carbocycles. The highest BCUT2D eigenvalue weighted by atomic mass is 16.5. The Labute approximate surface area is 393 Å². The summed E-state index contributed by atoms with van der Waals surface area (Å²) in [5.74, 6) is -0.0425. The maximum atomic E-state index is 12.5. The highest BCUT2D eigenvalue weighted by Crippen LogP contribution is 2.17. The number of aliphatic hydroxyl groups is 2. The molecule has 0 aromatic heterocycles. The summed E-state index contributed by atoms with van der Waals surface area (Å²) in [5.41, 5.74) is 0. The van der Waals surface area contributed by atoms with Crippen molar-refractivity contribution in [2.45, 2.75) is 328 Å². The van der Waals surface area contributed by atoms with E-state index in [0.29, 0.717) is 25.9 Å². The summed E-state index contributed by atoms with van der Waals surface area (Å²) >= 11 is 0. The van der Waals surface area contributed by atoms with Gasteiger partial charge in [0.2, 0.25) is 5.91 Å². The van der Waals surface area contributed by atoms with Crippen molar-refractivity contribution in [3.05, 3.63) is 12.2 Å². The predicted octanol–water partition coefficient (Wildman–Crippen LogP) is 17.3. The number of hydrogen-bond donors (Lipinski definition) is 3. The Morgan fingerprint density at radius 3 is 1.13 bits per heavy atom. The molecule has 0 aliphatic rings. The van der Waals surface area contributed by atoms with Gasteiger partial charge in [0.05, 0.1) is 25.4 Å². The molecule has 0 spiro atoms. The zero-order valence-electron chi connectivity index (χ0n) is 42.6. The lowest BCUT2D eigenvalue weighted by molar-refractivity contribution is -0.143. The summed E-state index contributed by atoms with van der Waals surface area (Å²) in [6.45, 7) is 4.95. The number of amides is 1. The Kier molecular flexibility index (Phi) is 52.0. The molecule has 0 saturated carbocycles. The van der Waals surface area contributed by atoms with E-state index in [2.05, 4.69) is 31.3 Å². The number of esters is 1. The number of unbranched alkanes of at least 4 members (excludes halogenated alkanes) is 40. The Bertz CT molecular complexity index is 939. The number of ether oxygens (including phenoxy) is 1. The monoisotopic (exact) mass is 890 g/mol. The lowest BCUT2D eigenvalue weighted by atomic mass is 10.0. The second kappa shape index (κ2) is 53.2. The molecule has 0 saturated heterocycles. The molecule has 0 aliphatic heterocycles. The minimum Gasteiger partial charge on any atom is -0.466 e. The van der Waals surface area contributed by atoms with Gasteiger partial charge in [0.1, 0.15) is 0 Å². The van der Waals surface area contributed by atoms with Gasteiger partial charge in [0.15, 0.2) is 0 Å². The van der Waals surface area contributed by atoms with Gasteiger partial charge in [-0.15, -0.1) is 0 Å². The van der Waals surface area contributed by atoms with Gasteiger partial charge in [-0.3, -0.25) is 9.59 Å². The third kappa shape index (κ3) is 49.9. The molecule has 2 unspecified atom stereocenters. The molecular formula is C57H111NO5. The smallest absolute Gasteiger partial charge is 0.305 e. The van der Waals surface area contributed by atoms with Crippen molar-refractivity contribution in [1.82, 2.24) is 5.32 Å². The highest BCUT2D eigenvalue weighted by Gasteiger charge is 2.20. The first-order chi connectivity index (χ1) is 31.0. The second-order valence-electron chi connectivity index (χ2n) is 19.6. The summed E-state index contributed by atoms with van der Waals surface area (Å²) in [4.78, 5) is 24.5. The van der Waals surface area contributed by atoms with Gasteiger partial charge in [0, 0.05) is 12.8 Å². The zero-order chi connectivity index (χ0) is 45.8. The van der Waals surface area contributed by atoms with Crippen LogP contribution in [0.4, 0.5) is 0 Å². The van der Waals surface area contributed by atoms with Gasteiger partial charge in [-0.1, -0.05) is 264 Å². The molecule has 6 heteroatoms. The Hall–Kier alpha value is -1.40. The number of nitrogens with one attached hydrogen (secondary N) is 1. The van der Waals surface area contributed by atoms with Crippen LogP contribution in [0, 0.1) is 0 Å². The van der Waals surface area contributed by atoms with E-state index in [0.717, 1.165) is 57.8 Å². The van der Waals surface area contributed by atoms with Crippen LogP contribution in [0.3, 0.4) is 0 Å². The standard InChI is InChI=1S/C57H111NO5/c1-3-5-7-9-11-13-15-17-22-26-29-33-37-41-45-49-55(60)54(53-59)58-56(61)50-46-42-38-34-30-27-23-20-18-19-21-24-28-32-36-40-44-48-52-63-57(62)51-47-43-39-35-31-25-16-14-12-10-8-6-4-2/h20,23,54-55,59-60H,3-19,21-22,24-53H2,1-2H3,(H,58,61)/b23-20-. The number of allylic oxidation sites excluding steroid dienone is 2. The van der Waals surface area contributed by atoms with Gasteiger partial charge in [-0.05, 0) is 51.4 Å². The molecule has 0 radical (unpaired) electrons. The predicted molar refractivity (Wildman–Crippen MR) is 273 cm³/mol. The first-order valence-electron chi connectivity index (χ1n) is 28.4. The van der Waals surface area contributed by atoms with Gasteiger partial charge >= 0.3 is 5.97 Å². The maximum absolute atomic E-state index is 12.5. The van der Waals surface area contributed by atoms with Gasteiger partial charge in [0.25, 0.3) is 0 Å². The van der Waals surface area contributed by atoms with Crippen LogP contribution in [0.2, 0.25) is 0 Å². The average molecular weight is 891 g/mol. The second-order valence-corrected chi connectivity index (χ2v) is 19.6. The lowest BCUT2D eigenvalue weighted by Crippen LogP contribution is -2.45. The van der Waals surface area contributed by atoms with Crippen LogP contribution in [0.1, 0.15) is 316 Å². The van der Waals surface area contributed by atoms with E-state index in [1.807, 2.05) is 0 Å². The fourth-order valence-electron chi connectivity index (χ4n) is 8.93. The molecule has 0 rings (SSSR count). The van der Waals surface area contributed by atoms with Gasteiger partial charge in [-0.25, -0.2) is 0 Å². The van der Waals surface area contributed by atoms with Crippen LogP contribution >= 0.6 is 0 Å². The third-order valence-electron chi connectivity index (χ3n) is 13.3. The zero-order valence-corrected chi connectivity index (χ0v) is 42.6. The van der Waals surface area contributed by atoms with E-state index in [-0.39, 0.29) is 18.5 Å². The van der Waals surface area contributed by atoms with E-state index in [1.54, 1.807) is 0 Å². The summed E-state index contributed by atoms with van der Waals surface area (Å²) in [7, 11) is 0. The quantitative estimate of drug-likeness (QED) is 0.0321. The van der Waals surface area contributed by atoms with Gasteiger partial charge in [-0.2, -0.15) is 0 Å². The molecule has 3 N–H and O–H groups in total.